The molecule has 2 heterocycles. The van der Waals surface area contributed by atoms with Gasteiger partial charge in [-0.15, -0.1) is 0 Å². The van der Waals surface area contributed by atoms with Crippen LogP contribution in [0.3, 0.4) is 0 Å². The van der Waals surface area contributed by atoms with Gasteiger partial charge in [0.1, 0.15) is 54.9 Å². The number of rotatable bonds is 52. The van der Waals surface area contributed by atoms with Crippen LogP contribution in [0.15, 0.2) is 109 Å². The molecule has 476 valence electrons. The van der Waals surface area contributed by atoms with Crippen LogP contribution >= 0.6 is 0 Å². The summed E-state index contributed by atoms with van der Waals surface area (Å²) in [5, 5.41) is 72.5. The van der Waals surface area contributed by atoms with E-state index >= 15 is 0 Å². The Morgan fingerprint density at radius 2 is 0.783 bits per heavy atom. The van der Waals surface area contributed by atoms with Gasteiger partial charge in [-0.2, -0.15) is 0 Å². The molecule has 7 N–H and O–H groups in total. The van der Waals surface area contributed by atoms with Gasteiger partial charge in [0.05, 0.1) is 26.4 Å². The molecule has 0 aromatic carbocycles. The second-order valence-corrected chi connectivity index (χ2v) is 22.2. The molecule has 0 aromatic heterocycles. The first kappa shape index (κ1) is 75.7. The second-order valence-electron chi connectivity index (χ2n) is 22.2. The molecular weight excluding hydrogens is 1050 g/mol. The zero-order valence-corrected chi connectivity index (χ0v) is 51.4. The van der Waals surface area contributed by atoms with Crippen LogP contribution in [0.5, 0.6) is 0 Å². The van der Waals surface area contributed by atoms with E-state index in [9.17, 15) is 40.5 Å². The van der Waals surface area contributed by atoms with Gasteiger partial charge in [0, 0.05) is 13.0 Å². The van der Waals surface area contributed by atoms with E-state index in [0.29, 0.717) is 13.0 Å². The Kier molecular flexibility index (Phi) is 49.3. The summed E-state index contributed by atoms with van der Waals surface area (Å²) in [6, 6.07) is 0. The zero-order valence-electron chi connectivity index (χ0n) is 51.4. The van der Waals surface area contributed by atoms with E-state index in [4.69, 9.17) is 28.4 Å². The summed E-state index contributed by atoms with van der Waals surface area (Å²) in [4.78, 5) is 13.1. The standard InChI is InChI=1S/C69H116O14/c1-3-5-7-9-11-13-15-17-19-21-23-25-27-28-29-31-33-35-37-39-41-43-45-47-49-51-53-78-55-58(56-79-68-67(77)65(75)63(73)60(83-68)57-80-69-66(76)64(74)62(72)59(54-70)82-69)81-61(71)52-50-48-46-44-42-40-38-36-34-32-30-26-24-22-20-18-16-14-12-10-8-6-4-2/h6,8,12,14-15,17-18,20-21,23-24,26-28,32,34,38,40,58-60,62-70,72-77H,3-5,7,9-11,13,16,19,22,25,29-31,33,35-37,39,41-57H2,1-2H3/b8-6-,14-12-,17-15-,20-18-,23-21-,26-24-,28-27-,34-32-,40-38-. The topological polar surface area (TPSA) is 214 Å². The third-order valence-corrected chi connectivity index (χ3v) is 14.8. The van der Waals surface area contributed by atoms with Crippen molar-refractivity contribution in [1.82, 2.24) is 0 Å². The molecule has 0 radical (unpaired) electrons. The molecule has 0 saturated carbocycles. The van der Waals surface area contributed by atoms with Crippen molar-refractivity contribution in [2.24, 2.45) is 0 Å². The fraction of sp³-hybridized carbons (Fsp3) is 0.725. The van der Waals surface area contributed by atoms with Gasteiger partial charge in [-0.05, 0) is 103 Å². The van der Waals surface area contributed by atoms with Crippen LogP contribution in [0.4, 0.5) is 0 Å². The maximum atomic E-state index is 13.1. The normalized spacial score (nSPS) is 24.2. The van der Waals surface area contributed by atoms with Crippen molar-refractivity contribution in [2.45, 2.75) is 287 Å². The van der Waals surface area contributed by atoms with Crippen molar-refractivity contribution < 1.29 is 69.0 Å². The van der Waals surface area contributed by atoms with Crippen molar-refractivity contribution >= 4 is 5.97 Å². The average Bonchev–Trinajstić information content (AvgIpc) is 3.49. The summed E-state index contributed by atoms with van der Waals surface area (Å²) in [5.41, 5.74) is 0. The Morgan fingerprint density at radius 1 is 0.410 bits per heavy atom. The highest BCUT2D eigenvalue weighted by atomic mass is 16.7. The van der Waals surface area contributed by atoms with Crippen LogP contribution in [0.1, 0.15) is 219 Å². The molecule has 0 spiro atoms. The maximum Gasteiger partial charge on any atom is 0.306 e. The Labute approximate surface area is 502 Å². The lowest BCUT2D eigenvalue weighted by atomic mass is 9.98. The van der Waals surface area contributed by atoms with Gasteiger partial charge in [-0.25, -0.2) is 0 Å². The molecule has 83 heavy (non-hydrogen) atoms. The van der Waals surface area contributed by atoms with Crippen molar-refractivity contribution in [2.75, 3.05) is 33.0 Å². The molecule has 0 aromatic rings. The number of ether oxygens (including phenoxy) is 6. The van der Waals surface area contributed by atoms with Gasteiger partial charge >= 0.3 is 5.97 Å². The Balaban J connectivity index is 1.69. The highest BCUT2D eigenvalue weighted by Crippen LogP contribution is 2.27. The van der Waals surface area contributed by atoms with E-state index in [1.165, 1.54) is 89.9 Å². The van der Waals surface area contributed by atoms with E-state index in [1.54, 1.807) is 0 Å². The summed E-state index contributed by atoms with van der Waals surface area (Å²) >= 11 is 0. The molecule has 2 fully saturated rings. The summed E-state index contributed by atoms with van der Waals surface area (Å²) in [6.07, 6.45) is 58.6. The molecule has 14 heteroatoms. The molecule has 2 aliphatic heterocycles. The minimum atomic E-state index is -1.72. The van der Waals surface area contributed by atoms with Gasteiger partial charge in [-0.3, -0.25) is 4.79 Å². The van der Waals surface area contributed by atoms with Gasteiger partial charge in [0.15, 0.2) is 12.6 Å². The molecule has 0 bridgehead atoms. The zero-order chi connectivity index (χ0) is 60.1. The van der Waals surface area contributed by atoms with Crippen LogP contribution in [0.2, 0.25) is 0 Å². The predicted octanol–water partition coefficient (Wildman–Crippen LogP) is 13.1. The SMILES string of the molecule is CC/C=C\C/C=C\C/C=C\C/C=C\C/C=C\C/C=C\CCCCCCC(=O)OC(COCCCCCCCCCCCCC/C=C\C/C=C\C/C=C\CCCCCCC)COC1OC(COC2OC(CO)C(O)C(O)C2O)C(O)C(O)C1O. The summed E-state index contributed by atoms with van der Waals surface area (Å²) in [5.74, 6) is -0.404. The highest BCUT2D eigenvalue weighted by molar-refractivity contribution is 5.69. The molecule has 2 aliphatic rings. The van der Waals surface area contributed by atoms with Crippen molar-refractivity contribution in [3.63, 3.8) is 0 Å². The third-order valence-electron chi connectivity index (χ3n) is 14.8. The van der Waals surface area contributed by atoms with Crippen molar-refractivity contribution in [3.8, 4) is 0 Å². The molecular formula is C69H116O14. The Bertz CT molecular complexity index is 1790. The first-order chi connectivity index (χ1) is 40.6. The number of hydrogen-bond donors (Lipinski definition) is 7. The quantitative estimate of drug-likeness (QED) is 0.0172. The number of aliphatic hydroxyl groups excluding tert-OH is 7. The van der Waals surface area contributed by atoms with Gasteiger partial charge < -0.3 is 64.2 Å². The summed E-state index contributed by atoms with van der Waals surface area (Å²) in [7, 11) is 0. The molecule has 14 nitrogen and oxygen atoms in total. The van der Waals surface area contributed by atoms with E-state index in [0.717, 1.165) is 103 Å². The first-order valence-corrected chi connectivity index (χ1v) is 32.5. The lowest BCUT2D eigenvalue weighted by Gasteiger charge is -2.42. The third kappa shape index (κ3) is 39.9. The van der Waals surface area contributed by atoms with Gasteiger partial charge in [-0.1, -0.05) is 220 Å². The molecule has 11 unspecified atom stereocenters. The van der Waals surface area contributed by atoms with Crippen LogP contribution in [0.25, 0.3) is 0 Å². The monoisotopic (exact) mass is 1170 g/mol. The molecule has 0 aliphatic carbocycles. The van der Waals surface area contributed by atoms with Crippen LogP contribution in [-0.4, -0.2) is 142 Å². The summed E-state index contributed by atoms with van der Waals surface area (Å²) < 4.78 is 34.5. The molecule has 11 atom stereocenters. The van der Waals surface area contributed by atoms with E-state index in [2.05, 4.69) is 123 Å². The molecule has 0 amide bonds. The van der Waals surface area contributed by atoms with E-state index in [-0.39, 0.29) is 19.6 Å². The number of unbranched alkanes of at least 4 members (excludes halogenated alkanes) is 20. The van der Waals surface area contributed by atoms with E-state index < -0.39 is 86.7 Å². The largest absolute Gasteiger partial charge is 0.457 e. The fourth-order valence-electron chi connectivity index (χ4n) is 9.59. The van der Waals surface area contributed by atoms with E-state index in [1.807, 2.05) is 0 Å². The summed E-state index contributed by atoms with van der Waals surface area (Å²) in [6.45, 7) is 3.52. The predicted molar refractivity (Wildman–Crippen MR) is 334 cm³/mol. The van der Waals surface area contributed by atoms with Crippen molar-refractivity contribution in [1.29, 1.82) is 0 Å². The van der Waals surface area contributed by atoms with Crippen LogP contribution < -0.4 is 0 Å². The number of esters is 1. The van der Waals surface area contributed by atoms with Crippen LogP contribution in [-0.2, 0) is 33.2 Å². The lowest BCUT2D eigenvalue weighted by Crippen LogP contribution is -2.61. The maximum absolute atomic E-state index is 13.1. The number of carbonyl (C=O) groups excluding carboxylic acids is 1. The van der Waals surface area contributed by atoms with Gasteiger partial charge in [0.2, 0.25) is 0 Å². The minimum Gasteiger partial charge on any atom is -0.457 e. The van der Waals surface area contributed by atoms with Crippen molar-refractivity contribution in [3.05, 3.63) is 109 Å². The number of allylic oxidation sites excluding steroid dienone is 18. The Hall–Kier alpha value is -3.35. The number of hydrogen-bond acceptors (Lipinski definition) is 14. The van der Waals surface area contributed by atoms with Crippen LogP contribution in [0, 0.1) is 0 Å². The van der Waals surface area contributed by atoms with Gasteiger partial charge in [0.25, 0.3) is 0 Å². The lowest BCUT2D eigenvalue weighted by molar-refractivity contribution is -0.332. The fourth-order valence-corrected chi connectivity index (χ4v) is 9.59. The second kappa shape index (κ2) is 54.1. The molecule has 2 rings (SSSR count). The highest BCUT2D eigenvalue weighted by Gasteiger charge is 2.47. The molecule has 2 saturated heterocycles. The first-order valence-electron chi connectivity index (χ1n) is 32.5. The number of aliphatic hydroxyl groups is 7. The Morgan fingerprint density at radius 3 is 1.23 bits per heavy atom. The average molecular weight is 1170 g/mol. The number of carbonyl (C=O) groups is 1. The smallest absolute Gasteiger partial charge is 0.306 e. The minimum absolute atomic E-state index is 0.0421.